The molecule has 4 nitrogen and oxygen atoms in total. The number of nitrogens with one attached hydrogen (secondary N) is 1. The number of benzene rings is 1. The van der Waals surface area contributed by atoms with Crippen molar-refractivity contribution in [3.05, 3.63) is 41.0 Å². The maximum Gasteiger partial charge on any atom is 0.307 e. The Balaban J connectivity index is 2.18. The number of carbonyl (C=O) groups is 2. The van der Waals surface area contributed by atoms with Crippen LogP contribution >= 0.6 is 0 Å². The maximum absolute atomic E-state index is 12.4. The molecule has 0 spiro atoms. The summed E-state index contributed by atoms with van der Waals surface area (Å²) in [6.45, 7) is 5.87. The molecule has 0 saturated carbocycles. The summed E-state index contributed by atoms with van der Waals surface area (Å²) < 4.78 is 0. The first-order valence-electron chi connectivity index (χ1n) is 7.14. The highest BCUT2D eigenvalue weighted by Gasteiger charge is 2.37. The molecule has 0 radical (unpaired) electrons. The Morgan fingerprint density at radius 1 is 1.10 bits per heavy atom. The van der Waals surface area contributed by atoms with Crippen LogP contribution in [0.15, 0.2) is 35.4 Å². The molecule has 2 unspecified atom stereocenters. The molecule has 1 amide bonds. The van der Waals surface area contributed by atoms with Crippen molar-refractivity contribution >= 4 is 17.6 Å². The molecule has 4 heteroatoms. The van der Waals surface area contributed by atoms with Crippen LogP contribution in [0.25, 0.3) is 0 Å². The molecule has 1 aromatic carbocycles. The zero-order valence-corrected chi connectivity index (χ0v) is 12.6. The molecule has 21 heavy (non-hydrogen) atoms. The summed E-state index contributed by atoms with van der Waals surface area (Å²) in [4.78, 5) is 23.9. The van der Waals surface area contributed by atoms with Gasteiger partial charge in [-0.25, -0.2) is 0 Å². The van der Waals surface area contributed by atoms with Gasteiger partial charge in [-0.2, -0.15) is 0 Å². The molecule has 1 aliphatic carbocycles. The van der Waals surface area contributed by atoms with Gasteiger partial charge in [0.2, 0.25) is 5.91 Å². The van der Waals surface area contributed by atoms with E-state index in [0.29, 0.717) is 18.5 Å². The Morgan fingerprint density at radius 3 is 2.29 bits per heavy atom. The van der Waals surface area contributed by atoms with E-state index in [1.54, 1.807) is 0 Å². The van der Waals surface area contributed by atoms with Crippen LogP contribution in [0.3, 0.4) is 0 Å². The predicted molar refractivity (Wildman–Crippen MR) is 82.0 cm³/mol. The molecule has 0 heterocycles. The van der Waals surface area contributed by atoms with Crippen LogP contribution < -0.4 is 5.32 Å². The number of rotatable bonds is 3. The average molecular weight is 287 g/mol. The third-order valence-electron chi connectivity index (χ3n) is 4.21. The van der Waals surface area contributed by atoms with Gasteiger partial charge in [0.1, 0.15) is 0 Å². The van der Waals surface area contributed by atoms with Crippen molar-refractivity contribution < 1.29 is 14.7 Å². The molecule has 0 fully saturated rings. The van der Waals surface area contributed by atoms with Gasteiger partial charge in [0, 0.05) is 5.69 Å². The van der Waals surface area contributed by atoms with Gasteiger partial charge in [0.25, 0.3) is 0 Å². The lowest BCUT2D eigenvalue weighted by molar-refractivity contribution is -0.146. The van der Waals surface area contributed by atoms with Gasteiger partial charge in [-0.3, -0.25) is 9.59 Å². The summed E-state index contributed by atoms with van der Waals surface area (Å²) in [5, 5.41) is 12.2. The second kappa shape index (κ2) is 6.12. The van der Waals surface area contributed by atoms with Gasteiger partial charge in [-0.1, -0.05) is 23.3 Å². The van der Waals surface area contributed by atoms with Gasteiger partial charge >= 0.3 is 5.97 Å². The summed E-state index contributed by atoms with van der Waals surface area (Å²) in [5.74, 6) is -2.25. The highest BCUT2D eigenvalue weighted by molar-refractivity contribution is 5.95. The first-order valence-corrected chi connectivity index (χ1v) is 7.14. The minimum absolute atomic E-state index is 0.208. The topological polar surface area (TPSA) is 66.4 Å². The van der Waals surface area contributed by atoms with Gasteiger partial charge in [-0.05, 0) is 51.3 Å². The van der Waals surface area contributed by atoms with Gasteiger partial charge < -0.3 is 10.4 Å². The van der Waals surface area contributed by atoms with Crippen molar-refractivity contribution in [1.29, 1.82) is 0 Å². The summed E-state index contributed by atoms with van der Waals surface area (Å²) in [6.07, 6.45) is 0.966. The number of amides is 1. The van der Waals surface area contributed by atoms with Crippen LogP contribution in [0.2, 0.25) is 0 Å². The van der Waals surface area contributed by atoms with Gasteiger partial charge in [0.05, 0.1) is 11.8 Å². The third-order valence-corrected chi connectivity index (χ3v) is 4.21. The number of allylic oxidation sites excluding steroid dienone is 2. The average Bonchev–Trinajstić information content (AvgIpc) is 2.41. The Kier molecular flexibility index (Phi) is 4.46. The van der Waals surface area contributed by atoms with E-state index >= 15 is 0 Å². The van der Waals surface area contributed by atoms with Gasteiger partial charge in [0.15, 0.2) is 0 Å². The fraction of sp³-hybridized carbons (Fsp3) is 0.412. The second-order valence-corrected chi connectivity index (χ2v) is 5.88. The van der Waals surface area contributed by atoms with Crippen molar-refractivity contribution in [2.75, 3.05) is 5.32 Å². The minimum atomic E-state index is -0.897. The largest absolute Gasteiger partial charge is 0.481 e. The van der Waals surface area contributed by atoms with Crippen molar-refractivity contribution in [1.82, 2.24) is 0 Å². The van der Waals surface area contributed by atoms with Crippen LogP contribution in [-0.2, 0) is 9.59 Å². The number of carboxylic acids is 1. The predicted octanol–water partition coefficient (Wildman–Crippen LogP) is 3.38. The van der Waals surface area contributed by atoms with Crippen LogP contribution in [0, 0.1) is 18.8 Å². The number of hydrogen-bond acceptors (Lipinski definition) is 2. The van der Waals surface area contributed by atoms with Gasteiger partial charge in [-0.15, -0.1) is 0 Å². The molecule has 0 saturated heterocycles. The number of aliphatic carboxylic acids is 1. The van der Waals surface area contributed by atoms with E-state index < -0.39 is 17.8 Å². The molecule has 0 aliphatic heterocycles. The quantitative estimate of drug-likeness (QED) is 0.837. The Bertz CT molecular complexity index is 604. The number of carboxylic acid groups (broad SMARTS) is 1. The Morgan fingerprint density at radius 2 is 1.71 bits per heavy atom. The van der Waals surface area contributed by atoms with Crippen LogP contribution in [-0.4, -0.2) is 17.0 Å². The van der Waals surface area contributed by atoms with E-state index in [1.165, 1.54) is 0 Å². The molecule has 112 valence electrons. The molecule has 1 aliphatic rings. The number of hydrogen-bond donors (Lipinski definition) is 2. The zero-order valence-electron chi connectivity index (χ0n) is 12.6. The smallest absolute Gasteiger partial charge is 0.307 e. The monoisotopic (exact) mass is 287 g/mol. The van der Waals surface area contributed by atoms with E-state index in [-0.39, 0.29) is 5.91 Å². The van der Waals surface area contributed by atoms with E-state index in [4.69, 9.17) is 0 Å². The molecular formula is C17H21NO3. The normalized spacial score (nSPS) is 22.0. The fourth-order valence-electron chi connectivity index (χ4n) is 2.79. The summed E-state index contributed by atoms with van der Waals surface area (Å²) in [6, 6.07) is 7.52. The molecule has 2 rings (SSSR count). The molecule has 1 aromatic rings. The fourth-order valence-corrected chi connectivity index (χ4v) is 2.79. The van der Waals surface area contributed by atoms with E-state index in [2.05, 4.69) is 5.32 Å². The molecule has 0 bridgehead atoms. The minimum Gasteiger partial charge on any atom is -0.481 e. The maximum atomic E-state index is 12.4. The number of anilines is 1. The molecule has 2 N–H and O–H groups in total. The Hall–Kier alpha value is -2.10. The van der Waals surface area contributed by atoms with E-state index in [0.717, 1.165) is 16.7 Å². The summed E-state index contributed by atoms with van der Waals surface area (Å²) in [7, 11) is 0. The highest BCUT2D eigenvalue weighted by atomic mass is 16.4. The Labute approximate surface area is 124 Å². The molecule has 2 atom stereocenters. The SMILES string of the molecule is CC1=C(C)CC(C(=O)Nc2cccc(C)c2)C(C(=O)O)C1. The second-order valence-electron chi connectivity index (χ2n) is 5.88. The highest BCUT2D eigenvalue weighted by Crippen LogP contribution is 2.35. The van der Waals surface area contributed by atoms with Crippen LogP contribution in [0.1, 0.15) is 32.3 Å². The third kappa shape index (κ3) is 3.51. The first-order chi connectivity index (χ1) is 9.88. The van der Waals surface area contributed by atoms with E-state index in [9.17, 15) is 14.7 Å². The van der Waals surface area contributed by atoms with Crippen molar-refractivity contribution in [3.63, 3.8) is 0 Å². The molecular weight excluding hydrogens is 266 g/mol. The van der Waals surface area contributed by atoms with Crippen molar-refractivity contribution in [2.45, 2.75) is 33.6 Å². The van der Waals surface area contributed by atoms with Crippen molar-refractivity contribution in [3.8, 4) is 0 Å². The first kappa shape index (κ1) is 15.3. The number of carbonyl (C=O) groups excluding carboxylic acids is 1. The summed E-state index contributed by atoms with van der Waals surface area (Å²) in [5.41, 5.74) is 3.98. The van der Waals surface area contributed by atoms with Crippen LogP contribution in [0.4, 0.5) is 5.69 Å². The lowest BCUT2D eigenvalue weighted by Gasteiger charge is -2.29. The lowest BCUT2D eigenvalue weighted by Crippen LogP contribution is -2.36. The standard InChI is InChI=1S/C17H21NO3/c1-10-5-4-6-13(7-10)18-16(19)14-8-11(2)12(3)9-15(14)17(20)21/h4-7,14-15H,8-9H2,1-3H3,(H,18,19)(H,20,21). The number of aryl methyl sites for hydroxylation is 1. The molecule has 0 aromatic heterocycles. The van der Waals surface area contributed by atoms with E-state index in [1.807, 2.05) is 45.0 Å². The summed E-state index contributed by atoms with van der Waals surface area (Å²) >= 11 is 0. The van der Waals surface area contributed by atoms with Crippen LogP contribution in [0.5, 0.6) is 0 Å². The lowest BCUT2D eigenvalue weighted by atomic mass is 9.76. The van der Waals surface area contributed by atoms with Crippen molar-refractivity contribution in [2.24, 2.45) is 11.8 Å². The zero-order chi connectivity index (χ0) is 15.6.